The van der Waals surface area contributed by atoms with Gasteiger partial charge in [0, 0.05) is 56.6 Å². The van der Waals surface area contributed by atoms with E-state index in [2.05, 4.69) is 9.88 Å². The first-order chi connectivity index (χ1) is 13.0. The lowest BCUT2D eigenvalue weighted by Gasteiger charge is -2.39. The van der Waals surface area contributed by atoms with E-state index in [-0.39, 0.29) is 11.4 Å². The smallest absolute Gasteiger partial charge is 0.230 e. The highest BCUT2D eigenvalue weighted by molar-refractivity contribution is 5.93. The number of pyridine rings is 1. The molecule has 0 radical (unpaired) electrons. The second-order valence-electron chi connectivity index (χ2n) is 7.45. The Labute approximate surface area is 156 Å². The molecule has 2 aliphatic rings. The van der Waals surface area contributed by atoms with E-state index in [1.54, 1.807) is 13.2 Å². The third-order valence-electron chi connectivity index (χ3n) is 5.82. The van der Waals surface area contributed by atoms with Crippen molar-refractivity contribution in [2.45, 2.75) is 19.3 Å². The van der Waals surface area contributed by atoms with Crippen molar-refractivity contribution < 1.29 is 18.3 Å². The number of aromatic nitrogens is 1. The number of hydrogen-bond acceptors (Lipinski definition) is 4. The maximum Gasteiger partial charge on any atom is 0.230 e. The minimum Gasteiger partial charge on any atom is -0.383 e. The predicted octanol–water partition coefficient (Wildman–Crippen LogP) is 2.98. The van der Waals surface area contributed by atoms with Gasteiger partial charge in [-0.15, -0.1) is 0 Å². The van der Waals surface area contributed by atoms with Crippen LogP contribution < -0.4 is 4.90 Å². The monoisotopic (exact) mass is 375 g/mol. The van der Waals surface area contributed by atoms with E-state index < -0.39 is 17.0 Å². The number of carbonyl (C=O) groups excluding carboxylic acids is 1. The normalized spacial score (nSPS) is 23.0. The zero-order valence-electron chi connectivity index (χ0n) is 15.4. The Bertz CT molecular complexity index is 876. The maximum absolute atomic E-state index is 14.1. The molecule has 2 aromatic rings. The summed E-state index contributed by atoms with van der Waals surface area (Å²) in [5.41, 5.74) is 0.469. The molecule has 27 heavy (non-hydrogen) atoms. The van der Waals surface area contributed by atoms with Crippen molar-refractivity contribution >= 4 is 22.5 Å². The Hall–Kier alpha value is -2.28. The van der Waals surface area contributed by atoms with Crippen LogP contribution in [0.1, 0.15) is 19.3 Å². The van der Waals surface area contributed by atoms with Gasteiger partial charge in [-0.1, -0.05) is 0 Å². The topological polar surface area (TPSA) is 45.7 Å². The lowest BCUT2D eigenvalue weighted by Crippen LogP contribution is -2.51. The van der Waals surface area contributed by atoms with E-state index in [0.29, 0.717) is 31.6 Å². The molecule has 1 spiro atoms. The van der Waals surface area contributed by atoms with Gasteiger partial charge in [0.15, 0.2) is 5.82 Å². The Morgan fingerprint density at radius 3 is 2.93 bits per heavy atom. The highest BCUT2D eigenvalue weighted by Crippen LogP contribution is 2.43. The molecule has 0 saturated carbocycles. The van der Waals surface area contributed by atoms with Crippen LogP contribution >= 0.6 is 0 Å². The number of rotatable bonds is 4. The lowest BCUT2D eigenvalue weighted by atomic mass is 9.78. The van der Waals surface area contributed by atoms with Crippen molar-refractivity contribution in [1.82, 2.24) is 9.88 Å². The summed E-state index contributed by atoms with van der Waals surface area (Å²) in [4.78, 5) is 21.1. The van der Waals surface area contributed by atoms with Gasteiger partial charge in [0.1, 0.15) is 11.3 Å². The Morgan fingerprint density at radius 1 is 1.26 bits per heavy atom. The molecule has 0 bridgehead atoms. The van der Waals surface area contributed by atoms with Crippen LogP contribution in [-0.4, -0.2) is 55.7 Å². The predicted molar refractivity (Wildman–Crippen MR) is 98.6 cm³/mol. The molecule has 7 heteroatoms. The number of nitrogens with zero attached hydrogens (tertiary/aromatic N) is 3. The van der Waals surface area contributed by atoms with Crippen molar-refractivity contribution in [1.29, 1.82) is 0 Å². The molecule has 0 N–H and O–H groups in total. The molecule has 2 saturated heterocycles. The lowest BCUT2D eigenvalue weighted by molar-refractivity contribution is -0.145. The highest BCUT2D eigenvalue weighted by atomic mass is 19.1. The number of anilines is 1. The molecule has 1 amide bonds. The second-order valence-corrected chi connectivity index (χ2v) is 7.45. The second kappa shape index (κ2) is 7.03. The van der Waals surface area contributed by atoms with Gasteiger partial charge in [-0.25, -0.2) is 8.78 Å². The number of amides is 1. The Kier molecular flexibility index (Phi) is 4.72. The Morgan fingerprint density at radius 2 is 2.11 bits per heavy atom. The van der Waals surface area contributed by atoms with Crippen LogP contribution in [0.5, 0.6) is 0 Å². The number of hydrogen-bond donors (Lipinski definition) is 0. The first-order valence-corrected chi connectivity index (χ1v) is 9.31. The number of ether oxygens (including phenoxy) is 1. The van der Waals surface area contributed by atoms with E-state index in [0.717, 1.165) is 37.6 Å². The van der Waals surface area contributed by atoms with Crippen LogP contribution in [0.25, 0.3) is 10.9 Å². The maximum atomic E-state index is 14.1. The van der Waals surface area contributed by atoms with E-state index in [1.807, 2.05) is 4.90 Å². The molecular weight excluding hydrogens is 352 g/mol. The summed E-state index contributed by atoms with van der Waals surface area (Å²) in [6, 6.07) is 3.94. The van der Waals surface area contributed by atoms with Crippen LogP contribution in [0.2, 0.25) is 0 Å². The highest BCUT2D eigenvalue weighted by Gasteiger charge is 2.48. The molecular formula is C20H23F2N3O2. The summed E-state index contributed by atoms with van der Waals surface area (Å²) in [5.74, 6) is -1.12. The fourth-order valence-corrected chi connectivity index (χ4v) is 4.46. The molecule has 1 aromatic heterocycles. The largest absolute Gasteiger partial charge is 0.383 e. The van der Waals surface area contributed by atoms with Crippen molar-refractivity contribution in [2.24, 2.45) is 5.41 Å². The molecule has 3 heterocycles. The van der Waals surface area contributed by atoms with Crippen molar-refractivity contribution in [2.75, 3.05) is 44.8 Å². The first-order valence-electron chi connectivity index (χ1n) is 9.31. The molecule has 0 aliphatic carbocycles. The summed E-state index contributed by atoms with van der Waals surface area (Å²) in [6.45, 7) is 3.14. The molecule has 2 fully saturated rings. The third kappa shape index (κ3) is 3.14. The van der Waals surface area contributed by atoms with E-state index >= 15 is 0 Å². The molecule has 4 rings (SSSR count). The van der Waals surface area contributed by atoms with Gasteiger partial charge in [-0.3, -0.25) is 9.78 Å². The average Bonchev–Trinajstić information content (AvgIpc) is 3.07. The Balaban J connectivity index is 1.63. The number of carbonyl (C=O) groups is 1. The van der Waals surface area contributed by atoms with Crippen LogP contribution in [0.4, 0.5) is 14.5 Å². The zero-order chi connectivity index (χ0) is 19.0. The van der Waals surface area contributed by atoms with E-state index in [9.17, 15) is 13.6 Å². The summed E-state index contributed by atoms with van der Waals surface area (Å²) >= 11 is 0. The molecule has 1 aromatic carbocycles. The van der Waals surface area contributed by atoms with Crippen LogP contribution in [0.3, 0.4) is 0 Å². The minimum absolute atomic E-state index is 0.159. The molecule has 2 aliphatic heterocycles. The van der Waals surface area contributed by atoms with Gasteiger partial charge >= 0.3 is 0 Å². The number of fused-ring (bicyclic) bond motifs is 1. The van der Waals surface area contributed by atoms with Gasteiger partial charge in [0.05, 0.1) is 12.0 Å². The summed E-state index contributed by atoms with van der Waals surface area (Å²) in [7, 11) is 1.63. The number of halogens is 2. The number of methoxy groups -OCH3 is 1. The van der Waals surface area contributed by atoms with Crippen LogP contribution in [0.15, 0.2) is 24.4 Å². The van der Waals surface area contributed by atoms with Crippen LogP contribution in [-0.2, 0) is 9.53 Å². The van der Waals surface area contributed by atoms with Crippen LogP contribution in [0, 0.1) is 17.0 Å². The third-order valence-corrected chi connectivity index (χ3v) is 5.82. The standard InChI is InChI=1S/C20H23F2N3O2/c1-27-10-9-24-7-2-4-20(19(24)26)5-8-25(13-20)17-3-6-23-18-15(17)11-14(21)12-16(18)22/h3,6,11-12H,2,4-5,7-10,13H2,1H3/t20-/m1/s1. The van der Waals surface area contributed by atoms with E-state index in [1.165, 1.54) is 12.3 Å². The first kappa shape index (κ1) is 18.1. The fourth-order valence-electron chi connectivity index (χ4n) is 4.46. The number of likely N-dealkylation sites (tertiary alicyclic amines) is 1. The molecule has 1 atom stereocenters. The van der Waals surface area contributed by atoms with Gasteiger partial charge in [-0.2, -0.15) is 0 Å². The average molecular weight is 375 g/mol. The van der Waals surface area contributed by atoms with Crippen molar-refractivity contribution in [3.05, 3.63) is 36.0 Å². The summed E-state index contributed by atoms with van der Waals surface area (Å²) < 4.78 is 33.0. The summed E-state index contributed by atoms with van der Waals surface area (Å²) in [6.07, 6.45) is 4.09. The molecule has 144 valence electrons. The van der Waals surface area contributed by atoms with Crippen molar-refractivity contribution in [3.8, 4) is 0 Å². The van der Waals surface area contributed by atoms with Gasteiger partial charge < -0.3 is 14.5 Å². The number of piperidine rings is 1. The van der Waals surface area contributed by atoms with Gasteiger partial charge in [-0.05, 0) is 31.4 Å². The fraction of sp³-hybridized carbons (Fsp3) is 0.500. The van der Waals surface area contributed by atoms with E-state index in [4.69, 9.17) is 4.74 Å². The minimum atomic E-state index is -0.666. The quantitative estimate of drug-likeness (QED) is 0.824. The zero-order valence-corrected chi connectivity index (χ0v) is 15.4. The van der Waals surface area contributed by atoms with Gasteiger partial charge in [0.25, 0.3) is 0 Å². The van der Waals surface area contributed by atoms with Gasteiger partial charge in [0.2, 0.25) is 5.91 Å². The molecule has 0 unspecified atom stereocenters. The SMILES string of the molecule is COCCN1CCC[C@]2(CCN(c3ccnc4c(F)cc(F)cc34)C2)C1=O. The van der Waals surface area contributed by atoms with Crippen molar-refractivity contribution in [3.63, 3.8) is 0 Å². The molecule has 5 nitrogen and oxygen atoms in total. The number of benzene rings is 1. The summed E-state index contributed by atoms with van der Waals surface area (Å²) in [5, 5.41) is 0.451.